The molecule has 4 rings (SSSR count). The molecule has 0 amide bonds. The Labute approximate surface area is 173 Å². The summed E-state index contributed by atoms with van der Waals surface area (Å²) in [4.78, 5) is 16.8. The smallest absolute Gasteiger partial charge is 0.243 e. The molecular formula is C19H19FN6O3S. The third kappa shape index (κ3) is 4.27. The Balaban J connectivity index is 1.54. The molecule has 0 bridgehead atoms. The third-order valence-electron chi connectivity index (χ3n) is 4.59. The third-order valence-corrected chi connectivity index (χ3v) is 6.45. The first kappa shape index (κ1) is 20.3. The zero-order chi connectivity index (χ0) is 21.1. The maximum atomic E-state index is 13.5. The predicted octanol–water partition coefficient (Wildman–Crippen LogP) is 2.22. The van der Waals surface area contributed by atoms with Crippen LogP contribution in [0.3, 0.4) is 0 Å². The molecule has 1 aliphatic heterocycles. The van der Waals surface area contributed by atoms with Gasteiger partial charge in [-0.05, 0) is 36.8 Å². The number of ether oxygens (including phenoxy) is 1. The monoisotopic (exact) mass is 430 g/mol. The first-order valence-electron chi connectivity index (χ1n) is 9.17. The highest BCUT2D eigenvalue weighted by Crippen LogP contribution is 2.26. The fraction of sp³-hybridized carbons (Fsp3) is 0.263. The van der Waals surface area contributed by atoms with E-state index in [4.69, 9.17) is 4.74 Å². The Hall–Kier alpha value is -3.02. The molecule has 0 saturated carbocycles. The lowest BCUT2D eigenvalue weighted by molar-refractivity contribution is -0.00506. The van der Waals surface area contributed by atoms with Gasteiger partial charge in [0.05, 0.1) is 29.6 Å². The molecule has 1 aliphatic rings. The molecule has 1 saturated heterocycles. The molecule has 11 heteroatoms. The molecular weight excluding hydrogens is 411 g/mol. The van der Waals surface area contributed by atoms with Crippen LogP contribution in [0.4, 0.5) is 16.2 Å². The lowest BCUT2D eigenvalue weighted by Crippen LogP contribution is -2.42. The minimum atomic E-state index is -3.80. The molecule has 1 aromatic carbocycles. The molecule has 3 aromatic rings. The molecule has 156 valence electrons. The van der Waals surface area contributed by atoms with E-state index in [-0.39, 0.29) is 30.2 Å². The van der Waals surface area contributed by atoms with Crippen molar-refractivity contribution in [2.45, 2.75) is 17.9 Å². The number of nitrogens with one attached hydrogen (secondary N) is 1. The number of rotatable bonds is 5. The normalized spacial score (nSPS) is 17.6. The standard InChI is InChI=1S/C19H19FN6O3S/c1-13-9-14(3-4-15(13)20)30(27,28)26-7-8-29-17(12-26)16-10-21-11-18(24-16)25-19-22-5-2-6-23-19/h2-6,9-11,17H,7-8,12H2,1H3,(H,22,23,24,25)/t17-/m0/s1. The van der Waals surface area contributed by atoms with Gasteiger partial charge in [-0.25, -0.2) is 27.8 Å². The van der Waals surface area contributed by atoms with Crippen molar-refractivity contribution >= 4 is 21.8 Å². The van der Waals surface area contributed by atoms with Crippen LogP contribution in [0.15, 0.2) is 53.9 Å². The van der Waals surface area contributed by atoms with Crippen molar-refractivity contribution < 1.29 is 17.5 Å². The molecule has 0 unspecified atom stereocenters. The number of sulfonamides is 1. The molecule has 30 heavy (non-hydrogen) atoms. The fourth-order valence-corrected chi connectivity index (χ4v) is 4.53. The molecule has 0 radical (unpaired) electrons. The molecule has 0 spiro atoms. The summed E-state index contributed by atoms with van der Waals surface area (Å²) < 4.78 is 46.6. The number of morpholine rings is 1. The van der Waals surface area contributed by atoms with Crippen LogP contribution in [-0.4, -0.2) is 52.4 Å². The van der Waals surface area contributed by atoms with Crippen molar-refractivity contribution in [3.63, 3.8) is 0 Å². The van der Waals surface area contributed by atoms with Crippen molar-refractivity contribution in [3.05, 3.63) is 66.1 Å². The van der Waals surface area contributed by atoms with Gasteiger partial charge in [0, 0.05) is 25.5 Å². The van der Waals surface area contributed by atoms with E-state index in [1.54, 1.807) is 18.5 Å². The van der Waals surface area contributed by atoms with Gasteiger partial charge in [-0.1, -0.05) is 0 Å². The average Bonchev–Trinajstić information content (AvgIpc) is 2.76. The first-order chi connectivity index (χ1) is 14.4. The van der Waals surface area contributed by atoms with Gasteiger partial charge in [-0.3, -0.25) is 4.98 Å². The Kier molecular flexibility index (Phi) is 5.66. The van der Waals surface area contributed by atoms with Gasteiger partial charge in [-0.15, -0.1) is 0 Å². The second-order valence-electron chi connectivity index (χ2n) is 6.66. The van der Waals surface area contributed by atoms with Crippen LogP contribution < -0.4 is 5.32 Å². The highest BCUT2D eigenvalue weighted by atomic mass is 32.2. The summed E-state index contributed by atoms with van der Waals surface area (Å²) in [6.45, 7) is 1.99. The number of benzene rings is 1. The van der Waals surface area contributed by atoms with Crippen LogP contribution in [0.25, 0.3) is 0 Å². The van der Waals surface area contributed by atoms with Gasteiger partial charge in [0.25, 0.3) is 0 Å². The first-order valence-corrected chi connectivity index (χ1v) is 10.6. The molecule has 9 nitrogen and oxygen atoms in total. The van der Waals surface area contributed by atoms with Crippen molar-refractivity contribution in [2.75, 3.05) is 25.0 Å². The second kappa shape index (κ2) is 8.38. The highest BCUT2D eigenvalue weighted by Gasteiger charge is 2.32. The van der Waals surface area contributed by atoms with Gasteiger partial charge in [0.1, 0.15) is 11.9 Å². The highest BCUT2D eigenvalue weighted by molar-refractivity contribution is 7.89. The summed E-state index contributed by atoms with van der Waals surface area (Å²) in [5.74, 6) is 0.330. The van der Waals surface area contributed by atoms with Crippen LogP contribution in [-0.2, 0) is 14.8 Å². The van der Waals surface area contributed by atoms with Gasteiger partial charge >= 0.3 is 0 Å². The van der Waals surface area contributed by atoms with Crippen LogP contribution in [0.2, 0.25) is 0 Å². The Morgan fingerprint density at radius 1 is 1.23 bits per heavy atom. The summed E-state index contributed by atoms with van der Waals surface area (Å²) in [6.07, 6.45) is 5.63. The molecule has 3 heterocycles. The topological polar surface area (TPSA) is 110 Å². The molecule has 2 aromatic heterocycles. The molecule has 1 N–H and O–H groups in total. The van der Waals surface area contributed by atoms with E-state index in [2.05, 4.69) is 25.3 Å². The van der Waals surface area contributed by atoms with E-state index in [1.807, 2.05) is 0 Å². The van der Waals surface area contributed by atoms with Gasteiger partial charge in [-0.2, -0.15) is 4.31 Å². The minimum absolute atomic E-state index is 0.0461. The zero-order valence-electron chi connectivity index (χ0n) is 16.1. The average molecular weight is 430 g/mol. The van der Waals surface area contributed by atoms with Gasteiger partial charge < -0.3 is 10.1 Å². The summed E-state index contributed by atoms with van der Waals surface area (Å²) in [5.41, 5.74) is 0.750. The van der Waals surface area contributed by atoms with Crippen molar-refractivity contribution in [1.82, 2.24) is 24.2 Å². The number of nitrogens with zero attached hydrogens (tertiary/aromatic N) is 5. The van der Waals surface area contributed by atoms with Crippen LogP contribution in [0.5, 0.6) is 0 Å². The summed E-state index contributed by atoms with van der Waals surface area (Å²) >= 11 is 0. The van der Waals surface area contributed by atoms with Crippen molar-refractivity contribution in [1.29, 1.82) is 0 Å². The Morgan fingerprint density at radius 3 is 2.80 bits per heavy atom. The quantitative estimate of drug-likeness (QED) is 0.656. The summed E-state index contributed by atoms with van der Waals surface area (Å²) in [7, 11) is -3.80. The summed E-state index contributed by atoms with van der Waals surface area (Å²) in [6, 6.07) is 5.46. The number of hydrogen-bond acceptors (Lipinski definition) is 8. The number of aromatic nitrogens is 4. The Bertz CT molecular complexity index is 1150. The lowest BCUT2D eigenvalue weighted by atomic mass is 10.2. The van der Waals surface area contributed by atoms with Crippen LogP contribution in [0.1, 0.15) is 17.4 Å². The molecule has 1 atom stereocenters. The largest absolute Gasteiger partial charge is 0.369 e. The van der Waals surface area contributed by atoms with Crippen molar-refractivity contribution in [2.24, 2.45) is 0 Å². The minimum Gasteiger partial charge on any atom is -0.369 e. The zero-order valence-corrected chi connectivity index (χ0v) is 16.9. The van der Waals surface area contributed by atoms with E-state index >= 15 is 0 Å². The maximum absolute atomic E-state index is 13.5. The van der Waals surface area contributed by atoms with Gasteiger partial charge in [0.15, 0.2) is 5.82 Å². The number of halogens is 1. The Morgan fingerprint density at radius 2 is 2.03 bits per heavy atom. The number of hydrogen-bond donors (Lipinski definition) is 1. The van der Waals surface area contributed by atoms with Gasteiger partial charge in [0.2, 0.25) is 16.0 Å². The van der Waals surface area contributed by atoms with Crippen molar-refractivity contribution in [3.8, 4) is 0 Å². The number of aryl methyl sites for hydroxylation is 1. The molecule has 1 fully saturated rings. The molecule has 0 aliphatic carbocycles. The lowest BCUT2D eigenvalue weighted by Gasteiger charge is -2.31. The van der Waals surface area contributed by atoms with E-state index in [9.17, 15) is 12.8 Å². The summed E-state index contributed by atoms with van der Waals surface area (Å²) in [5, 5.41) is 2.94. The second-order valence-corrected chi connectivity index (χ2v) is 8.60. The van der Waals surface area contributed by atoms with E-state index in [0.717, 1.165) is 6.07 Å². The predicted molar refractivity (Wildman–Crippen MR) is 106 cm³/mol. The van der Waals surface area contributed by atoms with Crippen LogP contribution in [0, 0.1) is 12.7 Å². The van der Waals surface area contributed by atoms with E-state index < -0.39 is 21.9 Å². The van der Waals surface area contributed by atoms with E-state index in [1.165, 1.54) is 35.8 Å². The fourth-order valence-electron chi connectivity index (χ4n) is 3.02. The maximum Gasteiger partial charge on any atom is 0.243 e. The SMILES string of the molecule is Cc1cc(S(=O)(=O)N2CCO[C@H](c3cncc(Nc4ncccn4)n3)C2)ccc1F. The van der Waals surface area contributed by atoms with Crippen LogP contribution >= 0.6 is 0 Å². The van der Waals surface area contributed by atoms with E-state index in [0.29, 0.717) is 17.5 Å². The number of anilines is 2.